The van der Waals surface area contributed by atoms with Crippen molar-refractivity contribution in [3.05, 3.63) is 28.2 Å². The molecule has 0 aromatic carbocycles. The standard InChI is InChI=1S/C12H18N2S/c1-2-8-13-9-7-12-14-10-5-3-4-6-11(10)15-12/h2,13H,1,3-9H2. The normalized spacial score (nSPS) is 14.9. The van der Waals surface area contributed by atoms with Crippen LogP contribution in [-0.2, 0) is 19.3 Å². The molecule has 0 fully saturated rings. The summed E-state index contributed by atoms with van der Waals surface area (Å²) in [5, 5.41) is 4.62. The quantitative estimate of drug-likeness (QED) is 0.611. The summed E-state index contributed by atoms with van der Waals surface area (Å²) in [6, 6.07) is 0. The van der Waals surface area contributed by atoms with Crippen LogP contribution in [0.5, 0.6) is 0 Å². The van der Waals surface area contributed by atoms with E-state index in [4.69, 9.17) is 4.98 Å². The van der Waals surface area contributed by atoms with E-state index >= 15 is 0 Å². The van der Waals surface area contributed by atoms with Gasteiger partial charge in [-0.3, -0.25) is 0 Å². The monoisotopic (exact) mass is 222 g/mol. The van der Waals surface area contributed by atoms with Crippen molar-refractivity contribution in [2.45, 2.75) is 32.1 Å². The highest BCUT2D eigenvalue weighted by atomic mass is 32.1. The van der Waals surface area contributed by atoms with Crippen molar-refractivity contribution in [3.8, 4) is 0 Å². The van der Waals surface area contributed by atoms with E-state index in [0.29, 0.717) is 0 Å². The first-order valence-corrected chi connectivity index (χ1v) is 6.51. The second kappa shape index (κ2) is 5.42. The number of hydrogen-bond donors (Lipinski definition) is 1. The molecule has 1 N–H and O–H groups in total. The minimum atomic E-state index is 0.894. The average molecular weight is 222 g/mol. The third kappa shape index (κ3) is 2.89. The molecule has 3 heteroatoms. The predicted octanol–water partition coefficient (Wildman–Crippen LogP) is 2.34. The van der Waals surface area contributed by atoms with Crippen LogP contribution in [0.3, 0.4) is 0 Å². The third-order valence-electron chi connectivity index (χ3n) is 2.69. The Kier molecular flexibility index (Phi) is 3.92. The van der Waals surface area contributed by atoms with E-state index in [1.807, 2.05) is 17.4 Å². The Hall–Kier alpha value is -0.670. The molecule has 0 aliphatic heterocycles. The van der Waals surface area contributed by atoms with Gasteiger partial charge in [0.2, 0.25) is 0 Å². The van der Waals surface area contributed by atoms with Crippen LogP contribution in [0.15, 0.2) is 12.7 Å². The number of aryl methyl sites for hydroxylation is 2. The van der Waals surface area contributed by atoms with Gasteiger partial charge in [0.15, 0.2) is 0 Å². The lowest BCUT2D eigenvalue weighted by molar-refractivity contribution is 0.678. The van der Waals surface area contributed by atoms with E-state index in [1.54, 1.807) is 4.88 Å². The van der Waals surface area contributed by atoms with Crippen molar-refractivity contribution >= 4 is 11.3 Å². The van der Waals surface area contributed by atoms with Crippen LogP contribution in [0.25, 0.3) is 0 Å². The van der Waals surface area contributed by atoms with Crippen molar-refractivity contribution in [2.75, 3.05) is 13.1 Å². The van der Waals surface area contributed by atoms with Crippen LogP contribution < -0.4 is 5.32 Å². The minimum absolute atomic E-state index is 0.894. The SMILES string of the molecule is C=CCNCCc1nc2c(s1)CCCC2. The number of thiazole rings is 1. The molecular weight excluding hydrogens is 204 g/mol. The van der Waals surface area contributed by atoms with Crippen molar-refractivity contribution < 1.29 is 0 Å². The summed E-state index contributed by atoms with van der Waals surface area (Å²) in [7, 11) is 0. The highest BCUT2D eigenvalue weighted by Crippen LogP contribution is 2.26. The van der Waals surface area contributed by atoms with Gasteiger partial charge in [-0.05, 0) is 25.7 Å². The molecule has 82 valence electrons. The topological polar surface area (TPSA) is 24.9 Å². The molecule has 15 heavy (non-hydrogen) atoms. The average Bonchev–Trinajstić information content (AvgIpc) is 2.67. The van der Waals surface area contributed by atoms with E-state index < -0.39 is 0 Å². The molecule has 0 bridgehead atoms. The smallest absolute Gasteiger partial charge is 0.0943 e. The number of aromatic nitrogens is 1. The molecule has 0 atom stereocenters. The maximum atomic E-state index is 4.70. The number of nitrogens with one attached hydrogen (secondary N) is 1. The van der Waals surface area contributed by atoms with E-state index in [9.17, 15) is 0 Å². The Morgan fingerprint density at radius 1 is 1.40 bits per heavy atom. The van der Waals surface area contributed by atoms with Crippen molar-refractivity contribution in [2.24, 2.45) is 0 Å². The Bertz CT molecular complexity index is 307. The van der Waals surface area contributed by atoms with Crippen molar-refractivity contribution in [1.82, 2.24) is 10.3 Å². The van der Waals surface area contributed by atoms with Crippen LogP contribution in [-0.4, -0.2) is 18.1 Å². The summed E-state index contributed by atoms with van der Waals surface area (Å²) in [4.78, 5) is 6.24. The summed E-state index contributed by atoms with van der Waals surface area (Å²) in [5.41, 5.74) is 1.38. The lowest BCUT2D eigenvalue weighted by atomic mass is 10.0. The second-order valence-electron chi connectivity index (χ2n) is 3.93. The molecule has 0 spiro atoms. The zero-order valence-electron chi connectivity index (χ0n) is 9.09. The number of fused-ring (bicyclic) bond motifs is 1. The summed E-state index contributed by atoms with van der Waals surface area (Å²) >= 11 is 1.92. The van der Waals surface area contributed by atoms with Gasteiger partial charge in [0.05, 0.1) is 10.7 Å². The Labute approximate surface area is 95.4 Å². The van der Waals surface area contributed by atoms with Crippen LogP contribution in [0.1, 0.15) is 28.4 Å². The number of nitrogens with zero attached hydrogens (tertiary/aromatic N) is 1. The van der Waals surface area contributed by atoms with Crippen LogP contribution in [0.2, 0.25) is 0 Å². The van der Waals surface area contributed by atoms with E-state index in [2.05, 4.69) is 11.9 Å². The van der Waals surface area contributed by atoms with Crippen LogP contribution in [0.4, 0.5) is 0 Å². The van der Waals surface area contributed by atoms with Gasteiger partial charge >= 0.3 is 0 Å². The lowest BCUT2D eigenvalue weighted by Gasteiger charge is -2.06. The Morgan fingerprint density at radius 3 is 3.07 bits per heavy atom. The fraction of sp³-hybridized carbons (Fsp3) is 0.583. The van der Waals surface area contributed by atoms with Crippen LogP contribution in [0, 0.1) is 0 Å². The van der Waals surface area contributed by atoms with Crippen molar-refractivity contribution in [3.63, 3.8) is 0 Å². The molecule has 1 aromatic rings. The molecule has 1 heterocycles. The van der Waals surface area contributed by atoms with Gasteiger partial charge in [-0.1, -0.05) is 6.08 Å². The van der Waals surface area contributed by atoms with Crippen molar-refractivity contribution in [1.29, 1.82) is 0 Å². The molecule has 0 unspecified atom stereocenters. The molecule has 2 rings (SSSR count). The van der Waals surface area contributed by atoms with Gasteiger partial charge in [-0.15, -0.1) is 17.9 Å². The zero-order chi connectivity index (χ0) is 10.5. The molecule has 0 radical (unpaired) electrons. The van der Waals surface area contributed by atoms with E-state index in [1.165, 1.54) is 36.4 Å². The highest BCUT2D eigenvalue weighted by Gasteiger charge is 2.14. The molecule has 2 nitrogen and oxygen atoms in total. The maximum Gasteiger partial charge on any atom is 0.0943 e. The van der Waals surface area contributed by atoms with Crippen LogP contribution >= 0.6 is 11.3 Å². The first-order valence-electron chi connectivity index (χ1n) is 5.69. The Morgan fingerprint density at radius 2 is 2.27 bits per heavy atom. The van der Waals surface area contributed by atoms with Gasteiger partial charge in [0.1, 0.15) is 0 Å². The van der Waals surface area contributed by atoms with Gasteiger partial charge in [0, 0.05) is 24.4 Å². The summed E-state index contributed by atoms with van der Waals surface area (Å²) in [6.07, 6.45) is 8.09. The Balaban J connectivity index is 1.86. The summed E-state index contributed by atoms with van der Waals surface area (Å²) < 4.78 is 0. The molecule has 0 amide bonds. The maximum absolute atomic E-state index is 4.70. The largest absolute Gasteiger partial charge is 0.313 e. The fourth-order valence-electron chi connectivity index (χ4n) is 1.91. The van der Waals surface area contributed by atoms with E-state index in [0.717, 1.165) is 19.5 Å². The summed E-state index contributed by atoms with van der Waals surface area (Å²) in [6.45, 7) is 5.59. The molecular formula is C12H18N2S. The van der Waals surface area contributed by atoms with Gasteiger partial charge < -0.3 is 5.32 Å². The molecule has 0 saturated carbocycles. The molecule has 1 aliphatic rings. The van der Waals surface area contributed by atoms with Gasteiger partial charge in [-0.2, -0.15) is 0 Å². The molecule has 1 aromatic heterocycles. The third-order valence-corrected chi connectivity index (χ3v) is 3.91. The minimum Gasteiger partial charge on any atom is -0.313 e. The second-order valence-corrected chi connectivity index (χ2v) is 5.10. The first-order chi connectivity index (χ1) is 7.40. The summed E-state index contributed by atoms with van der Waals surface area (Å²) in [5.74, 6) is 0. The van der Waals surface area contributed by atoms with Gasteiger partial charge in [-0.25, -0.2) is 4.98 Å². The number of hydrogen-bond acceptors (Lipinski definition) is 3. The lowest BCUT2D eigenvalue weighted by Crippen LogP contribution is -2.16. The number of rotatable bonds is 5. The highest BCUT2D eigenvalue weighted by molar-refractivity contribution is 7.11. The fourth-order valence-corrected chi connectivity index (χ4v) is 3.07. The molecule has 1 aliphatic carbocycles. The van der Waals surface area contributed by atoms with Gasteiger partial charge in [0.25, 0.3) is 0 Å². The van der Waals surface area contributed by atoms with E-state index in [-0.39, 0.29) is 0 Å². The first kappa shape index (κ1) is 10.8. The predicted molar refractivity (Wildman–Crippen MR) is 65.5 cm³/mol. The molecule has 0 saturated heterocycles. The zero-order valence-corrected chi connectivity index (χ0v) is 9.91.